The summed E-state index contributed by atoms with van der Waals surface area (Å²) in [5, 5.41) is 5.03. The fourth-order valence-electron chi connectivity index (χ4n) is 2.13. The number of piperazine rings is 1. The maximum Gasteiger partial charge on any atom is 0.277 e. The van der Waals surface area contributed by atoms with E-state index in [1.165, 1.54) is 24.1 Å². The number of rotatable bonds is 3. The molecule has 1 heterocycles. The number of methoxy groups -OCH3 is 1. The fraction of sp³-hybridized carbons (Fsp3) is 0.417. The van der Waals surface area contributed by atoms with Crippen LogP contribution in [-0.2, 0) is 10.2 Å². The van der Waals surface area contributed by atoms with Gasteiger partial charge in [0.15, 0.2) is 11.6 Å². The average Bonchev–Trinajstić information content (AvgIpc) is 2.45. The van der Waals surface area contributed by atoms with Gasteiger partial charge in [0.1, 0.15) is 0 Å². The molecule has 0 aromatic heterocycles. The molecule has 0 aliphatic carbocycles. The third-order valence-electron chi connectivity index (χ3n) is 3.28. The summed E-state index contributed by atoms with van der Waals surface area (Å²) in [6.45, 7) is 0.679. The topological polar surface area (TPSA) is 92.9 Å². The Bertz CT molecular complexity index is 642. The normalized spacial score (nSPS) is 16.8. The lowest BCUT2D eigenvalue weighted by atomic mass is 10.1. The molecular weight excluding hydrogens is 301 g/mol. The van der Waals surface area contributed by atoms with Crippen molar-refractivity contribution in [1.29, 1.82) is 0 Å². The summed E-state index contributed by atoms with van der Waals surface area (Å²) < 4.78 is 41.9. The zero-order valence-electron chi connectivity index (χ0n) is 11.5. The van der Waals surface area contributed by atoms with E-state index in [0.717, 1.165) is 10.4 Å². The Morgan fingerprint density at radius 2 is 1.90 bits per heavy atom. The van der Waals surface area contributed by atoms with E-state index >= 15 is 0 Å². The number of nitrogens with zero attached hydrogens (tertiary/aromatic N) is 2. The Hall–Kier alpha value is -1.71. The zero-order valence-corrected chi connectivity index (χ0v) is 12.3. The van der Waals surface area contributed by atoms with Crippen molar-refractivity contribution in [2.75, 3.05) is 33.3 Å². The summed E-state index contributed by atoms with van der Waals surface area (Å²) in [7, 11) is -2.40. The van der Waals surface area contributed by atoms with Crippen molar-refractivity contribution in [3.63, 3.8) is 0 Å². The molecule has 0 unspecified atom stereocenters. The minimum Gasteiger partial charge on any atom is -0.494 e. The van der Waals surface area contributed by atoms with Gasteiger partial charge in [0.2, 0.25) is 0 Å². The molecule has 9 heteroatoms. The van der Waals surface area contributed by atoms with E-state index in [1.807, 2.05) is 0 Å². The second-order valence-electron chi connectivity index (χ2n) is 4.59. The van der Waals surface area contributed by atoms with Crippen molar-refractivity contribution < 1.29 is 22.3 Å². The molecule has 0 saturated carbocycles. The second-order valence-corrected chi connectivity index (χ2v) is 6.13. The van der Waals surface area contributed by atoms with Gasteiger partial charge in [-0.05, 0) is 18.2 Å². The van der Waals surface area contributed by atoms with Crippen LogP contribution in [0.3, 0.4) is 0 Å². The number of carbonyl (C=O) groups is 1. The van der Waals surface area contributed by atoms with Crippen LogP contribution in [0.2, 0.25) is 0 Å². The predicted molar refractivity (Wildman–Crippen MR) is 73.5 cm³/mol. The van der Waals surface area contributed by atoms with Gasteiger partial charge in [-0.15, -0.1) is 0 Å². The molecule has 116 valence electrons. The predicted octanol–water partition coefficient (Wildman–Crippen LogP) is -0.204. The molecule has 0 atom stereocenters. The van der Waals surface area contributed by atoms with Gasteiger partial charge in [0, 0.05) is 31.7 Å². The molecule has 0 spiro atoms. The number of benzene rings is 1. The van der Waals surface area contributed by atoms with Crippen molar-refractivity contribution >= 4 is 16.1 Å². The van der Waals surface area contributed by atoms with E-state index in [-0.39, 0.29) is 43.4 Å². The number of halogens is 1. The monoisotopic (exact) mass is 317 g/mol. The average molecular weight is 317 g/mol. The Morgan fingerprint density at radius 1 is 1.29 bits per heavy atom. The minimum absolute atomic E-state index is 0.0607. The fourth-order valence-corrected chi connectivity index (χ4v) is 2.80. The Kier molecular flexibility index (Phi) is 4.45. The Labute approximate surface area is 122 Å². The first kappa shape index (κ1) is 15.7. The van der Waals surface area contributed by atoms with Crippen LogP contribution in [0, 0.1) is 5.82 Å². The smallest absolute Gasteiger partial charge is 0.277 e. The largest absolute Gasteiger partial charge is 0.494 e. The number of amides is 1. The summed E-state index contributed by atoms with van der Waals surface area (Å²) in [5.41, 5.74) is 0.192. The highest BCUT2D eigenvalue weighted by atomic mass is 32.2. The van der Waals surface area contributed by atoms with Crippen molar-refractivity contribution in [3.8, 4) is 5.75 Å². The maximum atomic E-state index is 13.6. The van der Waals surface area contributed by atoms with Crippen molar-refractivity contribution in [1.82, 2.24) is 9.21 Å². The van der Waals surface area contributed by atoms with Gasteiger partial charge in [0.25, 0.3) is 16.1 Å². The summed E-state index contributed by atoms with van der Waals surface area (Å²) in [5.74, 6) is -0.914. The first-order valence-corrected chi connectivity index (χ1v) is 7.74. The number of ether oxygens (including phenoxy) is 1. The molecule has 2 rings (SSSR count). The van der Waals surface area contributed by atoms with Gasteiger partial charge in [-0.25, -0.2) is 9.53 Å². The highest BCUT2D eigenvalue weighted by Crippen LogP contribution is 2.19. The molecule has 21 heavy (non-hydrogen) atoms. The molecule has 1 fully saturated rings. The van der Waals surface area contributed by atoms with Gasteiger partial charge in [0.05, 0.1) is 7.11 Å². The van der Waals surface area contributed by atoms with Crippen molar-refractivity contribution in [2.24, 2.45) is 5.14 Å². The number of carbonyl (C=O) groups excluding carboxylic acids is 1. The van der Waals surface area contributed by atoms with Gasteiger partial charge < -0.3 is 9.64 Å². The Balaban J connectivity index is 2.07. The molecule has 2 N–H and O–H groups in total. The van der Waals surface area contributed by atoms with E-state index in [4.69, 9.17) is 9.88 Å². The first-order chi connectivity index (χ1) is 9.82. The van der Waals surface area contributed by atoms with Gasteiger partial charge >= 0.3 is 0 Å². The molecule has 0 bridgehead atoms. The number of nitrogens with two attached hydrogens (primary N) is 1. The van der Waals surface area contributed by atoms with E-state index in [0.29, 0.717) is 0 Å². The van der Waals surface area contributed by atoms with E-state index in [2.05, 4.69) is 0 Å². The van der Waals surface area contributed by atoms with E-state index in [9.17, 15) is 17.6 Å². The quantitative estimate of drug-likeness (QED) is 0.835. The molecule has 1 saturated heterocycles. The van der Waals surface area contributed by atoms with Gasteiger partial charge in [-0.1, -0.05) is 0 Å². The number of hydrogen-bond acceptors (Lipinski definition) is 4. The van der Waals surface area contributed by atoms with E-state index < -0.39 is 16.0 Å². The van der Waals surface area contributed by atoms with Crippen LogP contribution in [0.1, 0.15) is 10.4 Å². The standard InChI is InChI=1S/C12H16FN3O4S/c1-20-11-3-2-9(8-10(11)13)12(17)15-4-6-16(7-5-15)21(14,18)19/h2-3,8H,4-7H2,1H3,(H2,14,18,19). The van der Waals surface area contributed by atoms with Crippen molar-refractivity contribution in [2.45, 2.75) is 0 Å². The van der Waals surface area contributed by atoms with E-state index in [1.54, 1.807) is 0 Å². The molecule has 1 aromatic carbocycles. The molecule has 1 aromatic rings. The molecule has 1 amide bonds. The second kappa shape index (κ2) is 5.96. The molecule has 0 radical (unpaired) electrons. The minimum atomic E-state index is -3.74. The lowest BCUT2D eigenvalue weighted by Gasteiger charge is -2.33. The molecule has 1 aliphatic heterocycles. The molecule has 1 aliphatic rings. The zero-order chi connectivity index (χ0) is 15.6. The van der Waals surface area contributed by atoms with Crippen LogP contribution in [0.25, 0.3) is 0 Å². The lowest BCUT2D eigenvalue weighted by Crippen LogP contribution is -2.52. The third kappa shape index (κ3) is 3.49. The first-order valence-electron chi connectivity index (χ1n) is 6.23. The highest BCUT2D eigenvalue weighted by Gasteiger charge is 2.27. The SMILES string of the molecule is COc1ccc(C(=O)N2CCN(S(N)(=O)=O)CC2)cc1F. The molecular formula is C12H16FN3O4S. The number of hydrogen-bond donors (Lipinski definition) is 1. The Morgan fingerprint density at radius 3 is 2.38 bits per heavy atom. The van der Waals surface area contributed by atoms with Crippen LogP contribution in [0.4, 0.5) is 4.39 Å². The summed E-state index contributed by atoms with van der Waals surface area (Å²) in [6.07, 6.45) is 0. The van der Waals surface area contributed by atoms with Crippen LogP contribution in [0.15, 0.2) is 18.2 Å². The lowest BCUT2D eigenvalue weighted by molar-refractivity contribution is 0.0697. The summed E-state index contributed by atoms with van der Waals surface area (Å²) >= 11 is 0. The van der Waals surface area contributed by atoms with Gasteiger partial charge in [-0.3, -0.25) is 4.79 Å². The third-order valence-corrected chi connectivity index (χ3v) is 4.37. The summed E-state index contributed by atoms with van der Waals surface area (Å²) in [6, 6.07) is 3.95. The maximum absolute atomic E-state index is 13.6. The summed E-state index contributed by atoms with van der Waals surface area (Å²) in [4.78, 5) is 13.7. The van der Waals surface area contributed by atoms with Crippen LogP contribution >= 0.6 is 0 Å². The van der Waals surface area contributed by atoms with Crippen LogP contribution in [-0.4, -0.2) is 56.8 Å². The van der Waals surface area contributed by atoms with Crippen LogP contribution < -0.4 is 9.88 Å². The highest BCUT2D eigenvalue weighted by molar-refractivity contribution is 7.86. The van der Waals surface area contributed by atoms with Crippen LogP contribution in [0.5, 0.6) is 5.75 Å². The molecule has 7 nitrogen and oxygen atoms in total. The van der Waals surface area contributed by atoms with Crippen molar-refractivity contribution in [3.05, 3.63) is 29.6 Å². The van der Waals surface area contributed by atoms with Gasteiger partial charge in [-0.2, -0.15) is 12.7 Å².